The lowest BCUT2D eigenvalue weighted by atomic mass is 10.2. The van der Waals surface area contributed by atoms with E-state index in [-0.39, 0.29) is 13.0 Å². The first-order valence-electron chi connectivity index (χ1n) is 10.3. The second kappa shape index (κ2) is 11.8. The SMILES string of the molecule is O=C(NCc1ccccc1)c1cn(C2CC(O)C(COP(=O)(O)OP(=O)(O)OP(=O)(O)O)O2)c(=O)[nH]c1=O. The van der Waals surface area contributed by atoms with Crippen molar-refractivity contribution >= 4 is 29.4 Å². The van der Waals surface area contributed by atoms with Crippen LogP contribution in [-0.2, 0) is 38.1 Å². The predicted molar refractivity (Wildman–Crippen MR) is 123 cm³/mol. The van der Waals surface area contributed by atoms with E-state index in [0.717, 1.165) is 16.3 Å². The van der Waals surface area contributed by atoms with E-state index in [1.807, 2.05) is 4.98 Å². The summed E-state index contributed by atoms with van der Waals surface area (Å²) in [6, 6.07) is 8.75. The van der Waals surface area contributed by atoms with E-state index in [1.165, 1.54) is 0 Å². The fraction of sp³-hybridized carbons (Fsp3) is 0.353. The van der Waals surface area contributed by atoms with Crippen LogP contribution in [0.1, 0.15) is 28.6 Å². The van der Waals surface area contributed by atoms with Gasteiger partial charge < -0.3 is 34.7 Å². The number of aromatic nitrogens is 2. The second-order valence-corrected chi connectivity index (χ2v) is 12.1. The van der Waals surface area contributed by atoms with Gasteiger partial charge in [0.25, 0.3) is 11.5 Å². The molecule has 210 valence electrons. The third-order valence-electron chi connectivity index (χ3n) is 4.84. The zero-order valence-corrected chi connectivity index (χ0v) is 21.6. The van der Waals surface area contributed by atoms with Crippen molar-refractivity contribution in [2.45, 2.75) is 31.4 Å². The molecular weight excluding hydrogens is 579 g/mol. The van der Waals surface area contributed by atoms with Crippen LogP contribution in [0.2, 0.25) is 0 Å². The molecule has 5 unspecified atom stereocenters. The van der Waals surface area contributed by atoms with Gasteiger partial charge in [-0.2, -0.15) is 8.62 Å². The maximum absolute atomic E-state index is 12.5. The number of rotatable bonds is 11. The monoisotopic (exact) mass is 601 g/mol. The molecule has 1 saturated heterocycles. The van der Waals surface area contributed by atoms with Crippen LogP contribution in [0.3, 0.4) is 0 Å². The Morgan fingerprint density at radius 1 is 1.08 bits per heavy atom. The Morgan fingerprint density at radius 3 is 2.37 bits per heavy atom. The van der Waals surface area contributed by atoms with Gasteiger partial charge >= 0.3 is 29.2 Å². The number of amides is 1. The van der Waals surface area contributed by atoms with Crippen LogP contribution in [0.15, 0.2) is 46.1 Å². The Morgan fingerprint density at radius 2 is 1.74 bits per heavy atom. The number of aliphatic hydroxyl groups is 1. The van der Waals surface area contributed by atoms with Gasteiger partial charge in [0, 0.05) is 19.2 Å². The number of ether oxygens (including phenoxy) is 1. The highest BCUT2D eigenvalue weighted by atomic mass is 31.3. The number of benzene rings is 1. The summed E-state index contributed by atoms with van der Waals surface area (Å²) in [5, 5.41) is 12.7. The zero-order chi connectivity index (χ0) is 28.3. The van der Waals surface area contributed by atoms with Gasteiger partial charge in [0.15, 0.2) is 0 Å². The van der Waals surface area contributed by atoms with Crippen LogP contribution in [0.25, 0.3) is 0 Å². The molecule has 0 aliphatic carbocycles. The van der Waals surface area contributed by atoms with Crippen molar-refractivity contribution in [2.24, 2.45) is 0 Å². The normalized spacial score (nSPS) is 22.9. The van der Waals surface area contributed by atoms with E-state index < -0.39 is 71.2 Å². The smallest absolute Gasteiger partial charge is 0.390 e. The van der Waals surface area contributed by atoms with E-state index >= 15 is 0 Å². The molecule has 1 amide bonds. The summed E-state index contributed by atoms with van der Waals surface area (Å²) < 4.78 is 51.7. The molecule has 1 aromatic carbocycles. The molecule has 1 fully saturated rings. The lowest BCUT2D eigenvalue weighted by Crippen LogP contribution is -2.38. The topological polar surface area (TPSA) is 273 Å². The molecule has 0 spiro atoms. The molecule has 1 aromatic heterocycles. The van der Waals surface area contributed by atoms with Crippen molar-refractivity contribution in [3.05, 3.63) is 68.5 Å². The number of hydrogen-bond acceptors (Lipinski definition) is 11. The number of nitrogens with one attached hydrogen (secondary N) is 2. The first-order valence-corrected chi connectivity index (χ1v) is 14.9. The quantitative estimate of drug-likeness (QED) is 0.159. The summed E-state index contributed by atoms with van der Waals surface area (Å²) in [7, 11) is -16.8. The molecule has 18 nitrogen and oxygen atoms in total. The summed E-state index contributed by atoms with van der Waals surface area (Å²) in [5.74, 6) is -0.813. The van der Waals surface area contributed by atoms with Gasteiger partial charge in [0.05, 0.1) is 12.7 Å². The van der Waals surface area contributed by atoms with E-state index in [9.17, 15) is 43.0 Å². The predicted octanol–water partition coefficient (Wildman–Crippen LogP) is -0.542. The van der Waals surface area contributed by atoms with Gasteiger partial charge in [0.1, 0.15) is 17.9 Å². The van der Waals surface area contributed by atoms with Crippen molar-refractivity contribution in [1.82, 2.24) is 14.9 Å². The van der Waals surface area contributed by atoms with Crippen molar-refractivity contribution in [2.75, 3.05) is 6.61 Å². The molecule has 1 aliphatic heterocycles. The highest BCUT2D eigenvalue weighted by Gasteiger charge is 2.43. The first kappa shape index (κ1) is 30.2. The maximum Gasteiger partial charge on any atom is 0.490 e. The molecule has 38 heavy (non-hydrogen) atoms. The number of carbonyl (C=O) groups excluding carboxylic acids is 1. The van der Waals surface area contributed by atoms with Crippen LogP contribution in [-0.4, -0.2) is 59.0 Å². The molecule has 3 rings (SSSR count). The minimum absolute atomic E-state index is 0.0829. The third-order valence-corrected chi connectivity index (χ3v) is 8.64. The molecule has 0 bridgehead atoms. The number of phosphoric acid groups is 3. The number of H-pyrrole nitrogens is 1. The Balaban J connectivity index is 1.67. The highest BCUT2D eigenvalue weighted by Crippen LogP contribution is 2.66. The summed E-state index contributed by atoms with van der Waals surface area (Å²) in [6.07, 6.45) is -3.57. The summed E-state index contributed by atoms with van der Waals surface area (Å²) in [4.78, 5) is 74.8. The van der Waals surface area contributed by atoms with Crippen LogP contribution in [0.4, 0.5) is 0 Å². The van der Waals surface area contributed by atoms with E-state index in [1.54, 1.807) is 30.3 Å². The van der Waals surface area contributed by atoms with E-state index in [2.05, 4.69) is 18.5 Å². The van der Waals surface area contributed by atoms with Crippen LogP contribution < -0.4 is 16.6 Å². The summed E-state index contributed by atoms with van der Waals surface area (Å²) in [5.41, 5.74) is -1.69. The molecular formula is C17H22N3O15P3. The standard InChI is InChI=1S/C17H22N3O15P3/c21-12-6-14(33-13(12)9-32-37(28,29)35-38(30,31)34-36(25,26)27)20-8-11(16(23)19-17(20)24)15(22)18-7-10-4-2-1-3-5-10/h1-5,8,12-14,21H,6-7,9H2,(H,18,22)(H,28,29)(H,30,31)(H,19,23,24)(H2,25,26,27). The number of nitrogens with zero attached hydrogens (tertiary/aromatic N) is 1. The molecule has 21 heteroatoms. The number of aromatic amines is 1. The molecule has 7 N–H and O–H groups in total. The number of hydrogen-bond donors (Lipinski definition) is 7. The maximum atomic E-state index is 12.5. The lowest BCUT2D eigenvalue weighted by molar-refractivity contribution is -0.0450. The molecule has 5 atom stereocenters. The zero-order valence-electron chi connectivity index (χ0n) is 18.9. The van der Waals surface area contributed by atoms with Crippen LogP contribution in [0, 0.1) is 0 Å². The minimum Gasteiger partial charge on any atom is -0.390 e. The molecule has 1 aliphatic rings. The van der Waals surface area contributed by atoms with E-state index in [0.29, 0.717) is 0 Å². The van der Waals surface area contributed by atoms with Crippen molar-refractivity contribution in [3.63, 3.8) is 0 Å². The van der Waals surface area contributed by atoms with Gasteiger partial charge in [-0.3, -0.25) is 23.7 Å². The van der Waals surface area contributed by atoms with Crippen molar-refractivity contribution in [1.29, 1.82) is 0 Å². The Bertz CT molecular complexity index is 1420. The van der Waals surface area contributed by atoms with Crippen molar-refractivity contribution in [3.8, 4) is 0 Å². The van der Waals surface area contributed by atoms with Crippen LogP contribution in [0.5, 0.6) is 0 Å². The van der Waals surface area contributed by atoms with Gasteiger partial charge in [-0.25, -0.2) is 18.5 Å². The number of phosphoric ester groups is 1. The fourth-order valence-corrected chi connectivity index (χ4v) is 6.27. The summed E-state index contributed by atoms with van der Waals surface area (Å²) >= 11 is 0. The van der Waals surface area contributed by atoms with Crippen molar-refractivity contribution < 1.29 is 61.1 Å². The largest absolute Gasteiger partial charge is 0.490 e. The number of aliphatic hydroxyl groups excluding tert-OH is 1. The first-order chi connectivity index (χ1) is 17.6. The van der Waals surface area contributed by atoms with Gasteiger partial charge in [-0.15, -0.1) is 0 Å². The minimum atomic E-state index is -5.75. The lowest BCUT2D eigenvalue weighted by Gasteiger charge is -2.19. The van der Waals surface area contributed by atoms with Gasteiger partial charge in [-0.1, -0.05) is 30.3 Å². The summed E-state index contributed by atoms with van der Waals surface area (Å²) in [6.45, 7) is -0.885. The van der Waals surface area contributed by atoms with Gasteiger partial charge in [0.2, 0.25) is 0 Å². The average molecular weight is 601 g/mol. The van der Waals surface area contributed by atoms with Gasteiger partial charge in [-0.05, 0) is 5.56 Å². The molecule has 0 saturated carbocycles. The Hall–Kier alpha value is -2.30. The third kappa shape index (κ3) is 8.61. The van der Waals surface area contributed by atoms with Crippen LogP contribution >= 0.6 is 23.5 Å². The second-order valence-electron chi connectivity index (χ2n) is 7.70. The molecule has 2 heterocycles. The molecule has 2 aromatic rings. The highest BCUT2D eigenvalue weighted by molar-refractivity contribution is 7.66. The number of carbonyl (C=O) groups is 1. The van der Waals surface area contributed by atoms with E-state index in [4.69, 9.17) is 14.5 Å². The Kier molecular flexibility index (Phi) is 9.42. The fourth-order valence-electron chi connectivity index (χ4n) is 3.24. The Labute approximate surface area is 212 Å². The average Bonchev–Trinajstić information content (AvgIpc) is 3.14. The molecule has 0 radical (unpaired) electrons.